The molecule has 0 aliphatic carbocycles. The van der Waals surface area contributed by atoms with Crippen molar-refractivity contribution in [3.05, 3.63) is 35.2 Å². The van der Waals surface area contributed by atoms with Crippen LogP contribution in [0.4, 0.5) is 5.13 Å². The first-order valence-electron chi connectivity index (χ1n) is 6.22. The Balaban J connectivity index is 2.07. The quantitative estimate of drug-likeness (QED) is 0.881. The Kier molecular flexibility index (Phi) is 4.65. The number of aromatic nitrogens is 1. The molecule has 5 heteroatoms. The van der Waals surface area contributed by atoms with Crippen LogP contribution in [-0.4, -0.2) is 17.4 Å². The Morgan fingerprint density at radius 1 is 1.42 bits per heavy atom. The first kappa shape index (κ1) is 13.7. The lowest BCUT2D eigenvalue weighted by Gasteiger charge is -2.01. The van der Waals surface area contributed by atoms with Gasteiger partial charge in [0, 0.05) is 17.4 Å². The minimum Gasteiger partial charge on any atom is -0.330 e. The van der Waals surface area contributed by atoms with Crippen molar-refractivity contribution in [1.82, 2.24) is 4.98 Å². The number of nitrogens with one attached hydrogen (secondary N) is 1. The summed E-state index contributed by atoms with van der Waals surface area (Å²) in [5.41, 5.74) is 8.55. The van der Waals surface area contributed by atoms with Gasteiger partial charge in [-0.05, 0) is 25.5 Å². The van der Waals surface area contributed by atoms with Crippen molar-refractivity contribution >= 4 is 22.4 Å². The monoisotopic (exact) mass is 275 g/mol. The van der Waals surface area contributed by atoms with Gasteiger partial charge in [0.2, 0.25) is 5.91 Å². The number of nitrogens with zero attached hydrogens (tertiary/aromatic N) is 1. The zero-order valence-corrected chi connectivity index (χ0v) is 11.7. The van der Waals surface area contributed by atoms with Crippen molar-refractivity contribution in [2.45, 2.75) is 19.8 Å². The predicted molar refractivity (Wildman–Crippen MR) is 79.2 cm³/mol. The molecule has 0 unspecified atom stereocenters. The van der Waals surface area contributed by atoms with Crippen molar-refractivity contribution in [1.29, 1.82) is 0 Å². The maximum atomic E-state index is 11.6. The van der Waals surface area contributed by atoms with Gasteiger partial charge >= 0.3 is 0 Å². The molecular formula is C14H17N3OS. The van der Waals surface area contributed by atoms with E-state index in [1.807, 2.05) is 36.6 Å². The molecule has 2 rings (SSSR count). The summed E-state index contributed by atoms with van der Waals surface area (Å²) in [5, 5.41) is 5.40. The average molecular weight is 275 g/mol. The van der Waals surface area contributed by atoms with Crippen molar-refractivity contribution < 1.29 is 4.79 Å². The maximum absolute atomic E-state index is 11.6. The number of hydrogen-bond donors (Lipinski definition) is 2. The molecule has 0 saturated carbocycles. The number of rotatable bonds is 5. The summed E-state index contributed by atoms with van der Waals surface area (Å²) in [7, 11) is 0. The topological polar surface area (TPSA) is 68.0 Å². The van der Waals surface area contributed by atoms with Crippen LogP contribution < -0.4 is 11.1 Å². The molecule has 100 valence electrons. The highest BCUT2D eigenvalue weighted by molar-refractivity contribution is 7.14. The Morgan fingerprint density at radius 2 is 2.21 bits per heavy atom. The fourth-order valence-electron chi connectivity index (χ4n) is 1.76. The number of aryl methyl sites for hydroxylation is 1. The summed E-state index contributed by atoms with van der Waals surface area (Å²) in [4.78, 5) is 16.0. The molecule has 0 bridgehead atoms. The van der Waals surface area contributed by atoms with E-state index in [0.717, 1.165) is 11.3 Å². The second-order valence-corrected chi connectivity index (χ2v) is 5.15. The number of carbonyl (C=O) groups is 1. The zero-order chi connectivity index (χ0) is 13.7. The van der Waals surface area contributed by atoms with E-state index in [0.29, 0.717) is 24.5 Å². The van der Waals surface area contributed by atoms with Gasteiger partial charge in [0.25, 0.3) is 0 Å². The second-order valence-electron chi connectivity index (χ2n) is 4.29. The summed E-state index contributed by atoms with van der Waals surface area (Å²) in [5.74, 6) is -0.0314. The van der Waals surface area contributed by atoms with E-state index < -0.39 is 0 Å². The van der Waals surface area contributed by atoms with Crippen LogP contribution in [0.3, 0.4) is 0 Å². The lowest BCUT2D eigenvalue weighted by molar-refractivity contribution is -0.116. The number of carbonyl (C=O) groups excluding carboxylic acids is 1. The van der Waals surface area contributed by atoms with Crippen LogP contribution in [0.15, 0.2) is 29.6 Å². The van der Waals surface area contributed by atoms with Gasteiger partial charge in [-0.2, -0.15) is 0 Å². The van der Waals surface area contributed by atoms with Crippen molar-refractivity contribution in [3.8, 4) is 11.3 Å². The summed E-state index contributed by atoms with van der Waals surface area (Å²) in [6.45, 7) is 2.58. The summed E-state index contributed by atoms with van der Waals surface area (Å²) < 4.78 is 0. The summed E-state index contributed by atoms with van der Waals surface area (Å²) >= 11 is 1.44. The van der Waals surface area contributed by atoms with Crippen molar-refractivity contribution in [2.75, 3.05) is 11.9 Å². The van der Waals surface area contributed by atoms with Gasteiger partial charge < -0.3 is 11.1 Å². The number of amides is 1. The Labute approximate surface area is 116 Å². The van der Waals surface area contributed by atoms with E-state index in [2.05, 4.69) is 10.3 Å². The molecule has 0 atom stereocenters. The lowest BCUT2D eigenvalue weighted by Crippen LogP contribution is -2.13. The number of thiazole rings is 1. The highest BCUT2D eigenvalue weighted by Crippen LogP contribution is 2.27. The predicted octanol–water partition coefficient (Wildman–Crippen LogP) is 2.80. The second kappa shape index (κ2) is 6.45. The molecule has 0 aliphatic heterocycles. The van der Waals surface area contributed by atoms with Gasteiger partial charge in [0.05, 0.1) is 5.69 Å². The van der Waals surface area contributed by atoms with E-state index in [1.165, 1.54) is 16.9 Å². The number of nitrogens with two attached hydrogens (primary N) is 1. The van der Waals surface area contributed by atoms with Crippen LogP contribution in [0, 0.1) is 6.92 Å². The largest absolute Gasteiger partial charge is 0.330 e. The van der Waals surface area contributed by atoms with Crippen LogP contribution in [-0.2, 0) is 4.79 Å². The van der Waals surface area contributed by atoms with E-state index in [1.54, 1.807) is 0 Å². The van der Waals surface area contributed by atoms with Gasteiger partial charge in [-0.1, -0.05) is 24.3 Å². The standard InChI is InChI=1S/C14H17N3OS/c1-10-5-2-3-6-11(10)12-9-19-14(16-12)17-13(18)7-4-8-15/h2-3,5-6,9H,4,7-8,15H2,1H3,(H,16,17,18). The fraction of sp³-hybridized carbons (Fsp3) is 0.286. The molecule has 1 aromatic carbocycles. The third kappa shape index (κ3) is 3.62. The molecule has 0 aliphatic rings. The van der Waals surface area contributed by atoms with Crippen LogP contribution in [0.1, 0.15) is 18.4 Å². The summed E-state index contributed by atoms with van der Waals surface area (Å²) in [6, 6.07) is 8.07. The molecule has 1 aromatic heterocycles. The van der Waals surface area contributed by atoms with Gasteiger partial charge in [-0.3, -0.25) is 4.79 Å². The van der Waals surface area contributed by atoms with Crippen molar-refractivity contribution in [2.24, 2.45) is 5.73 Å². The normalized spacial score (nSPS) is 10.4. The average Bonchev–Trinajstić information content (AvgIpc) is 2.85. The zero-order valence-electron chi connectivity index (χ0n) is 10.8. The maximum Gasteiger partial charge on any atom is 0.226 e. The minimum absolute atomic E-state index is 0.0314. The third-order valence-electron chi connectivity index (χ3n) is 2.78. The molecule has 0 radical (unpaired) electrons. The SMILES string of the molecule is Cc1ccccc1-c1csc(NC(=O)CCCN)n1. The number of hydrogen-bond acceptors (Lipinski definition) is 4. The van der Waals surface area contributed by atoms with Crippen LogP contribution in [0.2, 0.25) is 0 Å². The van der Waals surface area contributed by atoms with Gasteiger partial charge in [-0.15, -0.1) is 11.3 Å². The van der Waals surface area contributed by atoms with E-state index >= 15 is 0 Å². The number of benzene rings is 1. The fourth-order valence-corrected chi connectivity index (χ4v) is 2.49. The van der Waals surface area contributed by atoms with Crippen LogP contribution in [0.5, 0.6) is 0 Å². The molecule has 0 saturated heterocycles. The Hall–Kier alpha value is -1.72. The smallest absolute Gasteiger partial charge is 0.226 e. The molecule has 0 spiro atoms. The Bertz CT molecular complexity index is 565. The van der Waals surface area contributed by atoms with E-state index in [-0.39, 0.29) is 5.91 Å². The Morgan fingerprint density at radius 3 is 2.95 bits per heavy atom. The first-order valence-corrected chi connectivity index (χ1v) is 7.10. The summed E-state index contributed by atoms with van der Waals surface area (Å²) in [6.07, 6.45) is 1.14. The minimum atomic E-state index is -0.0314. The highest BCUT2D eigenvalue weighted by Gasteiger charge is 2.08. The molecule has 3 N–H and O–H groups in total. The van der Waals surface area contributed by atoms with Gasteiger partial charge in [0.1, 0.15) is 0 Å². The first-order chi connectivity index (χ1) is 9.20. The molecular weight excluding hydrogens is 258 g/mol. The molecule has 19 heavy (non-hydrogen) atoms. The van der Waals surface area contributed by atoms with Crippen molar-refractivity contribution in [3.63, 3.8) is 0 Å². The van der Waals surface area contributed by atoms with E-state index in [4.69, 9.17) is 5.73 Å². The van der Waals surface area contributed by atoms with Gasteiger partial charge in [0.15, 0.2) is 5.13 Å². The van der Waals surface area contributed by atoms with Gasteiger partial charge in [-0.25, -0.2) is 4.98 Å². The molecule has 1 amide bonds. The van der Waals surface area contributed by atoms with Crippen LogP contribution >= 0.6 is 11.3 Å². The number of anilines is 1. The third-order valence-corrected chi connectivity index (χ3v) is 3.54. The molecule has 1 heterocycles. The highest BCUT2D eigenvalue weighted by atomic mass is 32.1. The van der Waals surface area contributed by atoms with E-state index in [9.17, 15) is 4.79 Å². The molecule has 4 nitrogen and oxygen atoms in total. The molecule has 2 aromatic rings. The lowest BCUT2D eigenvalue weighted by atomic mass is 10.1. The van der Waals surface area contributed by atoms with Crippen LogP contribution in [0.25, 0.3) is 11.3 Å². The molecule has 0 fully saturated rings.